The van der Waals surface area contributed by atoms with Gasteiger partial charge in [0.25, 0.3) is 0 Å². The predicted molar refractivity (Wildman–Crippen MR) is 144 cm³/mol. The Balaban J connectivity index is 1.45. The van der Waals surface area contributed by atoms with Crippen molar-refractivity contribution >= 4 is 21.8 Å². The van der Waals surface area contributed by atoms with Crippen molar-refractivity contribution in [2.45, 2.75) is 81.5 Å². The SMILES string of the molecule is CC(C)(C)OC(=O)N1C2CCC(CC2)[C@H]1C(=O)N[C@H](C#N)Cc1ccc(-c2cccc(S(C)(=O)=O)c2)cc1. The van der Waals surface area contributed by atoms with E-state index in [9.17, 15) is 23.3 Å². The Hall–Kier alpha value is -3.38. The molecule has 1 aliphatic carbocycles. The second-order valence-electron chi connectivity index (χ2n) is 11.3. The summed E-state index contributed by atoms with van der Waals surface area (Å²) in [4.78, 5) is 28.3. The molecule has 2 aromatic carbocycles. The number of ether oxygens (including phenoxy) is 1. The minimum Gasteiger partial charge on any atom is -0.444 e. The molecule has 2 bridgehead atoms. The Morgan fingerprint density at radius 1 is 1.08 bits per heavy atom. The summed E-state index contributed by atoms with van der Waals surface area (Å²) in [6, 6.07) is 15.0. The maximum atomic E-state index is 13.4. The molecule has 0 aromatic heterocycles. The minimum atomic E-state index is -3.31. The van der Waals surface area contributed by atoms with E-state index in [2.05, 4.69) is 11.4 Å². The quantitative estimate of drug-likeness (QED) is 0.581. The zero-order chi connectivity index (χ0) is 27.7. The van der Waals surface area contributed by atoms with Gasteiger partial charge in [-0.3, -0.25) is 9.69 Å². The lowest BCUT2D eigenvalue weighted by Crippen LogP contribution is -2.64. The van der Waals surface area contributed by atoms with E-state index in [0.29, 0.717) is 6.42 Å². The molecule has 2 aromatic rings. The van der Waals surface area contributed by atoms with Crippen LogP contribution in [0.15, 0.2) is 53.4 Å². The molecule has 2 saturated heterocycles. The predicted octanol–water partition coefficient (Wildman–Crippen LogP) is 4.49. The van der Waals surface area contributed by atoms with E-state index in [-0.39, 0.29) is 22.8 Å². The third-order valence-electron chi connectivity index (χ3n) is 7.22. The first-order chi connectivity index (χ1) is 17.9. The van der Waals surface area contributed by atoms with Crippen LogP contribution < -0.4 is 5.32 Å². The van der Waals surface area contributed by atoms with Crippen molar-refractivity contribution in [1.29, 1.82) is 5.26 Å². The van der Waals surface area contributed by atoms with Gasteiger partial charge in [-0.15, -0.1) is 0 Å². The molecule has 8 nitrogen and oxygen atoms in total. The molecule has 9 heteroatoms. The van der Waals surface area contributed by atoms with E-state index in [0.717, 1.165) is 42.4 Å². The van der Waals surface area contributed by atoms with Crippen LogP contribution in [0.25, 0.3) is 11.1 Å². The van der Waals surface area contributed by atoms with Gasteiger partial charge in [0.05, 0.1) is 11.0 Å². The lowest BCUT2D eigenvalue weighted by Gasteiger charge is -2.50. The van der Waals surface area contributed by atoms with Crippen LogP contribution in [0.5, 0.6) is 0 Å². The number of hydrogen-bond acceptors (Lipinski definition) is 6. The van der Waals surface area contributed by atoms with Gasteiger partial charge in [-0.2, -0.15) is 5.26 Å². The molecular weight excluding hydrogens is 502 g/mol. The van der Waals surface area contributed by atoms with Crippen molar-refractivity contribution in [2.24, 2.45) is 5.92 Å². The molecule has 0 unspecified atom stereocenters. The summed E-state index contributed by atoms with van der Waals surface area (Å²) in [5, 5.41) is 12.7. The van der Waals surface area contributed by atoms with Crippen LogP contribution in [0.2, 0.25) is 0 Å². The fraction of sp³-hybridized carbons (Fsp3) is 0.483. The van der Waals surface area contributed by atoms with Crippen molar-refractivity contribution < 1.29 is 22.7 Å². The number of piperidine rings is 2. The molecule has 0 radical (unpaired) electrons. The van der Waals surface area contributed by atoms with Gasteiger partial charge in [-0.25, -0.2) is 13.2 Å². The number of nitrogens with zero attached hydrogens (tertiary/aromatic N) is 2. The largest absolute Gasteiger partial charge is 0.444 e. The molecule has 0 spiro atoms. The van der Waals surface area contributed by atoms with E-state index < -0.39 is 33.6 Å². The second-order valence-corrected chi connectivity index (χ2v) is 13.3. The molecule has 2 atom stereocenters. The van der Waals surface area contributed by atoms with Crippen LogP contribution in [0.4, 0.5) is 4.79 Å². The van der Waals surface area contributed by atoms with Crippen molar-refractivity contribution in [3.63, 3.8) is 0 Å². The Morgan fingerprint density at radius 3 is 2.32 bits per heavy atom. The number of rotatable bonds is 6. The Bertz CT molecular complexity index is 1330. The third kappa shape index (κ3) is 6.36. The molecule has 2 aliphatic heterocycles. The number of nitriles is 1. The lowest BCUT2D eigenvalue weighted by atomic mass is 9.74. The number of nitrogens with one attached hydrogen (secondary N) is 1. The fourth-order valence-electron chi connectivity index (χ4n) is 5.43. The molecule has 2 amide bonds. The van der Waals surface area contributed by atoms with Gasteiger partial charge >= 0.3 is 6.09 Å². The number of hydrogen-bond donors (Lipinski definition) is 1. The molecule has 3 fully saturated rings. The first kappa shape index (κ1) is 27.6. The Morgan fingerprint density at radius 2 is 1.74 bits per heavy atom. The topological polar surface area (TPSA) is 117 Å². The van der Waals surface area contributed by atoms with E-state index in [1.54, 1.807) is 23.1 Å². The summed E-state index contributed by atoms with van der Waals surface area (Å²) >= 11 is 0. The van der Waals surface area contributed by atoms with Crippen LogP contribution in [0.3, 0.4) is 0 Å². The second kappa shape index (κ2) is 10.8. The van der Waals surface area contributed by atoms with E-state index in [1.165, 1.54) is 6.26 Å². The number of carbonyl (C=O) groups is 2. The maximum Gasteiger partial charge on any atom is 0.411 e. The summed E-state index contributed by atoms with van der Waals surface area (Å²) < 4.78 is 29.4. The van der Waals surface area contributed by atoms with Gasteiger partial charge in [0.1, 0.15) is 17.7 Å². The standard InChI is InChI=1S/C29H35N3O5S/c1-29(2,3)37-28(34)32-24-14-12-21(13-15-24)26(32)27(33)31-23(18-30)16-19-8-10-20(11-9-19)22-6-5-7-25(17-22)38(4,35)36/h5-11,17,21,23-24,26H,12-16H2,1-4H3,(H,31,33)/t21?,23-,24?,26-/m0/s1. The first-order valence-electron chi connectivity index (χ1n) is 13.0. The normalized spacial score (nSPS) is 21.9. The monoisotopic (exact) mass is 537 g/mol. The van der Waals surface area contributed by atoms with Crippen molar-refractivity contribution in [3.8, 4) is 17.2 Å². The highest BCUT2D eigenvalue weighted by Gasteiger charge is 2.49. The lowest BCUT2D eigenvalue weighted by molar-refractivity contribution is -0.135. The minimum absolute atomic E-state index is 0.0279. The molecular formula is C29H35N3O5S. The van der Waals surface area contributed by atoms with Gasteiger partial charge < -0.3 is 10.1 Å². The maximum absolute atomic E-state index is 13.4. The molecule has 5 rings (SSSR count). The Labute approximate surface area is 224 Å². The summed E-state index contributed by atoms with van der Waals surface area (Å²) in [5.41, 5.74) is 1.82. The number of fused-ring (bicyclic) bond motifs is 3. The summed E-state index contributed by atoms with van der Waals surface area (Å²) in [5.74, 6) is -0.264. The summed E-state index contributed by atoms with van der Waals surface area (Å²) in [6.07, 6.45) is 4.47. The smallest absolute Gasteiger partial charge is 0.411 e. The first-order valence-corrected chi connectivity index (χ1v) is 14.9. The van der Waals surface area contributed by atoms with Crippen LogP contribution in [0, 0.1) is 17.2 Å². The van der Waals surface area contributed by atoms with E-state index in [4.69, 9.17) is 4.74 Å². The van der Waals surface area contributed by atoms with Gasteiger partial charge in [0, 0.05) is 18.7 Å². The van der Waals surface area contributed by atoms with Gasteiger partial charge in [-0.1, -0.05) is 36.4 Å². The number of amides is 2. The Kier molecular flexibility index (Phi) is 7.84. The van der Waals surface area contributed by atoms with Crippen molar-refractivity contribution in [1.82, 2.24) is 10.2 Å². The molecule has 1 saturated carbocycles. The molecule has 2 heterocycles. The van der Waals surface area contributed by atoms with E-state index >= 15 is 0 Å². The van der Waals surface area contributed by atoms with Gasteiger partial charge in [0.2, 0.25) is 5.91 Å². The van der Waals surface area contributed by atoms with Crippen LogP contribution in [-0.2, 0) is 25.8 Å². The summed E-state index contributed by atoms with van der Waals surface area (Å²) in [7, 11) is -3.31. The molecule has 3 aliphatic rings. The van der Waals surface area contributed by atoms with Gasteiger partial charge in [0.15, 0.2) is 9.84 Å². The summed E-state index contributed by atoms with van der Waals surface area (Å²) in [6.45, 7) is 5.42. The molecule has 202 valence electrons. The molecule has 38 heavy (non-hydrogen) atoms. The number of sulfone groups is 1. The van der Waals surface area contributed by atoms with E-state index in [1.807, 2.05) is 51.1 Å². The number of benzene rings is 2. The average Bonchev–Trinajstić information content (AvgIpc) is 2.87. The van der Waals surface area contributed by atoms with Crippen molar-refractivity contribution in [3.05, 3.63) is 54.1 Å². The van der Waals surface area contributed by atoms with Gasteiger partial charge in [-0.05, 0) is 81.2 Å². The zero-order valence-electron chi connectivity index (χ0n) is 22.3. The average molecular weight is 538 g/mol. The highest BCUT2D eigenvalue weighted by atomic mass is 32.2. The molecule has 1 N–H and O–H groups in total. The van der Waals surface area contributed by atoms with Crippen LogP contribution >= 0.6 is 0 Å². The van der Waals surface area contributed by atoms with Crippen molar-refractivity contribution in [2.75, 3.05) is 6.26 Å². The zero-order valence-corrected chi connectivity index (χ0v) is 23.1. The highest BCUT2D eigenvalue weighted by molar-refractivity contribution is 7.90. The number of carbonyl (C=O) groups excluding carboxylic acids is 2. The highest BCUT2D eigenvalue weighted by Crippen LogP contribution is 2.40. The third-order valence-corrected chi connectivity index (χ3v) is 8.33. The van der Waals surface area contributed by atoms with Crippen LogP contribution in [-0.4, -0.2) is 55.3 Å². The van der Waals surface area contributed by atoms with Crippen LogP contribution in [0.1, 0.15) is 52.0 Å². The fourth-order valence-corrected chi connectivity index (χ4v) is 6.10.